The summed E-state index contributed by atoms with van der Waals surface area (Å²) in [7, 11) is 0.803. The summed E-state index contributed by atoms with van der Waals surface area (Å²) in [5.41, 5.74) is 1.04. The Hall–Kier alpha value is -2.97. The maximum absolute atomic E-state index is 11.8. The third-order valence-corrected chi connectivity index (χ3v) is 8.88. The van der Waals surface area contributed by atoms with Crippen LogP contribution in [0.25, 0.3) is 0 Å². The standard InChI is InChI=1S/C23H22O4P/c1-26-22(24)17-9-13-20(14-10-17)28(3,19-7-5-4-6-8-19)21-15-11-18(12-16-21)23(25)27-2/h4-16H,1-3H3/q+1. The number of hydrogen-bond donors (Lipinski definition) is 0. The zero-order chi connectivity index (χ0) is 20.1. The predicted molar refractivity (Wildman–Crippen MR) is 114 cm³/mol. The van der Waals surface area contributed by atoms with Gasteiger partial charge < -0.3 is 9.47 Å². The molecule has 0 amide bonds. The minimum absolute atomic E-state index is 0.353. The maximum atomic E-state index is 11.8. The van der Waals surface area contributed by atoms with E-state index >= 15 is 0 Å². The van der Waals surface area contributed by atoms with E-state index in [0.29, 0.717) is 11.1 Å². The molecule has 0 saturated carbocycles. The fourth-order valence-corrected chi connectivity index (χ4v) is 6.35. The highest BCUT2D eigenvalue weighted by atomic mass is 31.2. The van der Waals surface area contributed by atoms with Gasteiger partial charge in [-0.3, -0.25) is 0 Å². The van der Waals surface area contributed by atoms with Crippen molar-refractivity contribution in [3.63, 3.8) is 0 Å². The van der Waals surface area contributed by atoms with Crippen LogP contribution in [0.3, 0.4) is 0 Å². The van der Waals surface area contributed by atoms with Crippen molar-refractivity contribution < 1.29 is 19.1 Å². The van der Waals surface area contributed by atoms with Crippen molar-refractivity contribution in [2.45, 2.75) is 0 Å². The van der Waals surface area contributed by atoms with Gasteiger partial charge in [-0.1, -0.05) is 18.2 Å². The molecule has 0 aromatic heterocycles. The molecule has 5 heteroatoms. The number of benzene rings is 3. The minimum atomic E-state index is -1.95. The van der Waals surface area contributed by atoms with Crippen LogP contribution in [-0.4, -0.2) is 32.8 Å². The SMILES string of the molecule is COC(=O)c1ccc([P+](C)(c2ccccc2)c2ccc(C(=O)OC)cc2)cc1. The van der Waals surface area contributed by atoms with Gasteiger partial charge in [0.05, 0.1) is 32.0 Å². The lowest BCUT2D eigenvalue weighted by molar-refractivity contribution is 0.0592. The van der Waals surface area contributed by atoms with Crippen molar-refractivity contribution in [3.05, 3.63) is 90.0 Å². The summed E-state index contributed by atoms with van der Waals surface area (Å²) >= 11 is 0. The van der Waals surface area contributed by atoms with Gasteiger partial charge in [-0.05, 0) is 60.7 Å². The van der Waals surface area contributed by atoms with Crippen LogP contribution in [0.2, 0.25) is 0 Å². The van der Waals surface area contributed by atoms with Gasteiger partial charge in [-0.25, -0.2) is 9.59 Å². The number of rotatable bonds is 5. The maximum Gasteiger partial charge on any atom is 0.337 e. The van der Waals surface area contributed by atoms with Crippen LogP contribution in [0.1, 0.15) is 20.7 Å². The van der Waals surface area contributed by atoms with E-state index in [0.717, 1.165) is 10.6 Å². The van der Waals surface area contributed by atoms with Crippen LogP contribution in [0.5, 0.6) is 0 Å². The fourth-order valence-electron chi connectivity index (χ4n) is 3.20. The zero-order valence-corrected chi connectivity index (χ0v) is 17.0. The molecular weight excluding hydrogens is 371 g/mol. The summed E-state index contributed by atoms with van der Waals surface area (Å²) in [6.45, 7) is 2.24. The van der Waals surface area contributed by atoms with Crippen molar-refractivity contribution in [2.75, 3.05) is 20.9 Å². The van der Waals surface area contributed by atoms with E-state index in [1.807, 2.05) is 42.5 Å². The van der Waals surface area contributed by atoms with Crippen LogP contribution in [0, 0.1) is 0 Å². The molecule has 3 aromatic rings. The number of ether oxygens (including phenoxy) is 2. The van der Waals surface area contributed by atoms with Gasteiger partial charge in [0.25, 0.3) is 0 Å². The van der Waals surface area contributed by atoms with Crippen molar-refractivity contribution in [1.29, 1.82) is 0 Å². The fraction of sp³-hybridized carbons (Fsp3) is 0.130. The Morgan fingerprint density at radius 1 is 0.607 bits per heavy atom. The summed E-state index contributed by atoms with van der Waals surface area (Å²) in [5, 5.41) is 3.49. The Balaban J connectivity index is 2.11. The van der Waals surface area contributed by atoms with E-state index in [-0.39, 0.29) is 11.9 Å². The molecule has 0 aliphatic heterocycles. The Morgan fingerprint density at radius 3 is 1.32 bits per heavy atom. The van der Waals surface area contributed by atoms with Gasteiger partial charge in [-0.15, -0.1) is 0 Å². The average molecular weight is 393 g/mol. The number of carbonyl (C=O) groups is 2. The molecule has 0 N–H and O–H groups in total. The highest BCUT2D eigenvalue weighted by Gasteiger charge is 2.40. The number of methoxy groups -OCH3 is 2. The summed E-state index contributed by atoms with van der Waals surface area (Å²) in [6.07, 6.45) is 0. The van der Waals surface area contributed by atoms with Gasteiger partial charge >= 0.3 is 11.9 Å². The van der Waals surface area contributed by atoms with Gasteiger partial charge in [-0.2, -0.15) is 0 Å². The van der Waals surface area contributed by atoms with Crippen LogP contribution in [-0.2, 0) is 9.47 Å². The first-order valence-corrected chi connectivity index (χ1v) is 11.0. The molecule has 0 aliphatic rings. The topological polar surface area (TPSA) is 52.6 Å². The highest BCUT2D eigenvalue weighted by molar-refractivity contribution is 7.95. The molecule has 3 rings (SSSR count). The molecule has 0 radical (unpaired) electrons. The first-order chi connectivity index (χ1) is 13.5. The zero-order valence-electron chi connectivity index (χ0n) is 16.1. The second-order valence-electron chi connectivity index (χ2n) is 6.42. The molecule has 4 nitrogen and oxygen atoms in total. The van der Waals surface area contributed by atoms with Crippen molar-refractivity contribution in [3.8, 4) is 0 Å². The Bertz CT molecular complexity index is 904. The van der Waals surface area contributed by atoms with Crippen molar-refractivity contribution in [1.82, 2.24) is 0 Å². The quantitative estimate of drug-likeness (QED) is 0.494. The number of hydrogen-bond acceptors (Lipinski definition) is 4. The second-order valence-corrected chi connectivity index (χ2v) is 9.98. The number of carbonyl (C=O) groups excluding carboxylic acids is 2. The lowest BCUT2D eigenvalue weighted by Crippen LogP contribution is -2.30. The Morgan fingerprint density at radius 2 is 0.964 bits per heavy atom. The average Bonchev–Trinajstić information content (AvgIpc) is 2.78. The van der Waals surface area contributed by atoms with Gasteiger partial charge in [0.15, 0.2) is 0 Å². The first kappa shape index (κ1) is 19.8. The molecule has 0 fully saturated rings. The normalized spacial score (nSPS) is 11.0. The van der Waals surface area contributed by atoms with Crippen LogP contribution >= 0.6 is 7.26 Å². The van der Waals surface area contributed by atoms with Crippen LogP contribution in [0.15, 0.2) is 78.9 Å². The monoisotopic (exact) mass is 393 g/mol. The predicted octanol–water partition coefficient (Wildman–Crippen LogP) is 3.18. The van der Waals surface area contributed by atoms with Crippen LogP contribution < -0.4 is 15.9 Å². The smallest absolute Gasteiger partial charge is 0.337 e. The molecule has 0 bridgehead atoms. The molecular formula is C23H22O4P+. The van der Waals surface area contributed by atoms with Crippen molar-refractivity contribution >= 4 is 35.1 Å². The largest absolute Gasteiger partial charge is 0.465 e. The third-order valence-electron chi connectivity index (χ3n) is 4.88. The molecule has 3 aromatic carbocycles. The summed E-state index contributed by atoms with van der Waals surface area (Å²) in [6, 6.07) is 25.4. The second kappa shape index (κ2) is 8.37. The van der Waals surface area contributed by atoms with E-state index in [1.165, 1.54) is 19.5 Å². The molecule has 0 aliphatic carbocycles. The van der Waals surface area contributed by atoms with Gasteiger partial charge in [0, 0.05) is 0 Å². The molecule has 0 heterocycles. The summed E-state index contributed by atoms with van der Waals surface area (Å²) in [4.78, 5) is 23.6. The van der Waals surface area contributed by atoms with Gasteiger partial charge in [0.2, 0.25) is 0 Å². The molecule has 0 spiro atoms. The minimum Gasteiger partial charge on any atom is -0.465 e. The van der Waals surface area contributed by atoms with E-state index in [9.17, 15) is 9.59 Å². The third kappa shape index (κ3) is 3.69. The van der Waals surface area contributed by atoms with E-state index < -0.39 is 7.26 Å². The molecule has 0 unspecified atom stereocenters. The molecule has 142 valence electrons. The summed E-state index contributed by atoms with van der Waals surface area (Å²) in [5.74, 6) is -0.706. The first-order valence-electron chi connectivity index (χ1n) is 8.80. The van der Waals surface area contributed by atoms with Gasteiger partial charge in [0.1, 0.15) is 23.2 Å². The highest BCUT2D eigenvalue weighted by Crippen LogP contribution is 2.51. The Kier molecular flexibility index (Phi) is 5.91. The van der Waals surface area contributed by atoms with Crippen LogP contribution in [0.4, 0.5) is 0 Å². The lowest BCUT2D eigenvalue weighted by Gasteiger charge is -2.23. The summed E-state index contributed by atoms with van der Waals surface area (Å²) < 4.78 is 9.61. The molecule has 28 heavy (non-hydrogen) atoms. The molecule has 0 atom stereocenters. The lowest BCUT2D eigenvalue weighted by atomic mass is 10.2. The molecule has 0 saturated heterocycles. The van der Waals surface area contributed by atoms with Crippen molar-refractivity contribution in [2.24, 2.45) is 0 Å². The Labute approximate surface area is 165 Å². The van der Waals surface area contributed by atoms with E-state index in [1.54, 1.807) is 24.3 Å². The number of esters is 2. The van der Waals surface area contributed by atoms with E-state index in [4.69, 9.17) is 9.47 Å². The van der Waals surface area contributed by atoms with E-state index in [2.05, 4.69) is 18.8 Å².